The van der Waals surface area contributed by atoms with Crippen molar-refractivity contribution in [2.75, 3.05) is 47.8 Å². The molecule has 2 aromatic heterocycles. The maximum absolute atomic E-state index is 12.6. The molecule has 6 rings (SSSR count). The second-order valence-electron chi connectivity index (χ2n) is 9.91. The lowest BCUT2D eigenvalue weighted by Gasteiger charge is -2.40. The molecule has 2 saturated heterocycles. The van der Waals surface area contributed by atoms with Crippen molar-refractivity contribution in [1.29, 1.82) is 0 Å². The molecule has 0 saturated carbocycles. The quantitative estimate of drug-likeness (QED) is 0.622. The molecule has 0 spiro atoms. The number of hydrogen-bond acceptors (Lipinski definition) is 6. The summed E-state index contributed by atoms with van der Waals surface area (Å²) in [5.41, 5.74) is 6.96. The molecule has 0 bridgehead atoms. The number of benzene rings is 1. The second kappa shape index (κ2) is 9.30. The molecule has 3 aliphatic heterocycles. The molecule has 3 aromatic rings. The molecule has 5 heterocycles. The molecule has 1 atom stereocenters. The van der Waals surface area contributed by atoms with Crippen molar-refractivity contribution in [3.63, 3.8) is 0 Å². The number of carbonyl (C=O) groups is 1. The molecule has 0 radical (unpaired) electrons. The van der Waals surface area contributed by atoms with Crippen LogP contribution in [0.2, 0.25) is 0 Å². The van der Waals surface area contributed by atoms with Gasteiger partial charge in [-0.2, -0.15) is 0 Å². The summed E-state index contributed by atoms with van der Waals surface area (Å²) < 4.78 is 0. The van der Waals surface area contributed by atoms with Crippen LogP contribution in [0.3, 0.4) is 0 Å². The predicted molar refractivity (Wildman–Crippen MR) is 140 cm³/mol. The van der Waals surface area contributed by atoms with Crippen LogP contribution < -0.4 is 15.1 Å². The molecular formula is C28H32N6O. The smallest absolute Gasteiger partial charge is 0.247 e. The second-order valence-corrected chi connectivity index (χ2v) is 9.91. The van der Waals surface area contributed by atoms with Gasteiger partial charge in [0.25, 0.3) is 0 Å². The van der Waals surface area contributed by atoms with Gasteiger partial charge in [0.1, 0.15) is 6.04 Å². The van der Waals surface area contributed by atoms with Crippen molar-refractivity contribution in [1.82, 2.24) is 14.9 Å². The summed E-state index contributed by atoms with van der Waals surface area (Å²) in [5, 5.41) is 3.11. The third kappa shape index (κ3) is 4.36. The number of nitrogens with one attached hydrogen (secondary N) is 1. The van der Waals surface area contributed by atoms with E-state index in [1.807, 2.05) is 18.6 Å². The van der Waals surface area contributed by atoms with E-state index in [1.54, 1.807) is 0 Å². The summed E-state index contributed by atoms with van der Waals surface area (Å²) >= 11 is 0. The highest BCUT2D eigenvalue weighted by atomic mass is 16.2. The number of anilines is 3. The van der Waals surface area contributed by atoms with Crippen LogP contribution in [0.4, 0.5) is 17.2 Å². The van der Waals surface area contributed by atoms with E-state index in [-0.39, 0.29) is 11.9 Å². The van der Waals surface area contributed by atoms with E-state index < -0.39 is 0 Å². The number of fused-ring (bicyclic) bond motifs is 3. The van der Waals surface area contributed by atoms with E-state index in [4.69, 9.17) is 4.98 Å². The van der Waals surface area contributed by atoms with Crippen molar-refractivity contribution in [3.05, 3.63) is 66.1 Å². The van der Waals surface area contributed by atoms with Gasteiger partial charge in [0, 0.05) is 63.5 Å². The number of aromatic nitrogens is 2. The molecule has 0 aliphatic carbocycles. The summed E-state index contributed by atoms with van der Waals surface area (Å²) in [7, 11) is 0. The monoisotopic (exact) mass is 468 g/mol. The van der Waals surface area contributed by atoms with Crippen LogP contribution >= 0.6 is 0 Å². The number of piperidine rings is 1. The Balaban J connectivity index is 1.08. The van der Waals surface area contributed by atoms with Crippen molar-refractivity contribution in [2.24, 2.45) is 0 Å². The Morgan fingerprint density at radius 3 is 2.63 bits per heavy atom. The average Bonchev–Trinajstić information content (AvgIpc) is 2.90. The third-order valence-corrected chi connectivity index (χ3v) is 7.60. The third-order valence-electron chi connectivity index (χ3n) is 7.60. The number of amides is 1. The largest absolute Gasteiger partial charge is 0.369 e. The average molecular weight is 469 g/mol. The molecule has 2 fully saturated rings. The normalized spacial score (nSPS) is 20.3. The van der Waals surface area contributed by atoms with Crippen molar-refractivity contribution in [2.45, 2.75) is 38.8 Å². The van der Waals surface area contributed by atoms with Gasteiger partial charge in [0.2, 0.25) is 5.91 Å². The Labute approximate surface area is 206 Å². The van der Waals surface area contributed by atoms with Gasteiger partial charge in [-0.1, -0.05) is 12.1 Å². The van der Waals surface area contributed by atoms with E-state index in [0.29, 0.717) is 0 Å². The van der Waals surface area contributed by atoms with Crippen molar-refractivity contribution in [3.8, 4) is 11.1 Å². The minimum atomic E-state index is -0.0505. The Bertz CT molecular complexity index is 1220. The molecule has 35 heavy (non-hydrogen) atoms. The summed E-state index contributed by atoms with van der Waals surface area (Å²) in [5.74, 6) is 1.06. The molecular weight excluding hydrogens is 436 g/mol. The van der Waals surface area contributed by atoms with Gasteiger partial charge in [0.15, 0.2) is 5.82 Å². The first-order chi connectivity index (χ1) is 17.2. The zero-order valence-corrected chi connectivity index (χ0v) is 20.3. The maximum Gasteiger partial charge on any atom is 0.247 e. The van der Waals surface area contributed by atoms with Crippen molar-refractivity contribution >= 4 is 23.1 Å². The lowest BCUT2D eigenvalue weighted by atomic mass is 9.99. The number of nitrogens with zero attached hydrogens (tertiary/aromatic N) is 5. The highest BCUT2D eigenvalue weighted by molar-refractivity contribution is 6.02. The van der Waals surface area contributed by atoms with Crippen LogP contribution in [-0.4, -0.2) is 59.5 Å². The predicted octanol–water partition coefficient (Wildman–Crippen LogP) is 4.09. The summed E-state index contributed by atoms with van der Waals surface area (Å²) in [6.45, 7) is 7.88. The fourth-order valence-electron chi connectivity index (χ4n) is 5.65. The highest BCUT2D eigenvalue weighted by Gasteiger charge is 2.35. The summed E-state index contributed by atoms with van der Waals surface area (Å²) in [4.78, 5) is 28.7. The zero-order valence-electron chi connectivity index (χ0n) is 20.3. The Kier molecular flexibility index (Phi) is 5.86. The lowest BCUT2D eigenvalue weighted by molar-refractivity contribution is -0.118. The first-order valence-corrected chi connectivity index (χ1v) is 12.7. The first-order valence-electron chi connectivity index (χ1n) is 12.7. The molecule has 1 amide bonds. The number of hydrogen-bond donors (Lipinski definition) is 1. The van der Waals surface area contributed by atoms with Crippen LogP contribution in [-0.2, 0) is 11.3 Å². The van der Waals surface area contributed by atoms with Crippen LogP contribution in [0.5, 0.6) is 0 Å². The number of carbonyl (C=O) groups excluding carboxylic acids is 1. The molecule has 1 aromatic carbocycles. The Morgan fingerprint density at radius 1 is 1.00 bits per heavy atom. The number of rotatable bonds is 4. The van der Waals surface area contributed by atoms with Gasteiger partial charge in [-0.25, -0.2) is 4.98 Å². The zero-order chi connectivity index (χ0) is 23.8. The number of aryl methyl sites for hydroxylation is 1. The van der Waals surface area contributed by atoms with Gasteiger partial charge < -0.3 is 15.1 Å². The molecule has 0 unspecified atom stereocenters. The van der Waals surface area contributed by atoms with Crippen molar-refractivity contribution < 1.29 is 4.79 Å². The van der Waals surface area contributed by atoms with Crippen LogP contribution in [0, 0.1) is 6.92 Å². The minimum absolute atomic E-state index is 0.0505. The maximum atomic E-state index is 12.6. The van der Waals surface area contributed by atoms with Crippen LogP contribution in [0.25, 0.3) is 11.1 Å². The van der Waals surface area contributed by atoms with Gasteiger partial charge >= 0.3 is 0 Å². The number of pyridine rings is 2. The summed E-state index contributed by atoms with van der Waals surface area (Å²) in [6, 6.07) is 13.0. The van der Waals surface area contributed by atoms with Crippen LogP contribution in [0.1, 0.15) is 30.4 Å². The van der Waals surface area contributed by atoms with E-state index in [9.17, 15) is 4.79 Å². The van der Waals surface area contributed by atoms with E-state index in [1.165, 1.54) is 22.4 Å². The van der Waals surface area contributed by atoms with E-state index >= 15 is 0 Å². The topological polar surface area (TPSA) is 64.6 Å². The van der Waals surface area contributed by atoms with Gasteiger partial charge in [-0.3, -0.25) is 14.7 Å². The molecule has 180 valence electrons. The standard InChI is InChI=1S/C28H32N6O/c1-20-17-29-10-9-24(20)22-5-7-23(8-6-22)33-14-12-32(13-15-33)19-21-16-25-27(30-18-21)34-11-3-2-4-26(34)28(35)31-25/h5-10,16-18,26H,2-4,11-15,19H2,1H3,(H,31,35)/t26-/m0/s1. The minimum Gasteiger partial charge on any atom is -0.369 e. The first kappa shape index (κ1) is 22.0. The Morgan fingerprint density at radius 2 is 1.83 bits per heavy atom. The number of piperazine rings is 1. The van der Waals surface area contributed by atoms with E-state index in [2.05, 4.69) is 68.3 Å². The fraction of sp³-hybridized carbons (Fsp3) is 0.393. The molecule has 7 heteroatoms. The molecule has 1 N–H and O–H groups in total. The highest BCUT2D eigenvalue weighted by Crippen LogP contribution is 2.35. The molecule has 7 nitrogen and oxygen atoms in total. The van der Waals surface area contributed by atoms with Gasteiger partial charge in [0.05, 0.1) is 5.69 Å². The SMILES string of the molecule is Cc1cnccc1-c1ccc(N2CCN(Cc3cnc4c(c3)NC(=O)[C@@H]3CCCCN43)CC2)cc1. The van der Waals surface area contributed by atoms with Gasteiger partial charge in [-0.15, -0.1) is 0 Å². The van der Waals surface area contributed by atoms with Crippen LogP contribution in [0.15, 0.2) is 55.0 Å². The van der Waals surface area contributed by atoms with E-state index in [0.717, 1.165) is 75.6 Å². The Hall–Kier alpha value is -3.45. The molecule has 3 aliphatic rings. The summed E-state index contributed by atoms with van der Waals surface area (Å²) in [6.07, 6.45) is 8.93. The fourth-order valence-corrected chi connectivity index (χ4v) is 5.65. The van der Waals surface area contributed by atoms with Gasteiger partial charge in [-0.05, 0) is 72.7 Å². The lowest BCUT2D eigenvalue weighted by Crippen LogP contribution is -2.51.